The molecule has 7 nitrogen and oxygen atoms in total. The number of ether oxygens (including phenoxy) is 1. The molecule has 1 unspecified atom stereocenters. The molecule has 0 spiro atoms. The minimum atomic E-state index is -3.98. The Hall–Kier alpha value is -2.10. The molecule has 158 valence electrons. The van der Waals surface area contributed by atoms with E-state index in [0.29, 0.717) is 10.0 Å². The zero-order chi connectivity index (χ0) is 21.8. The Morgan fingerprint density at radius 1 is 1.17 bits per heavy atom. The Morgan fingerprint density at radius 2 is 1.79 bits per heavy atom. The summed E-state index contributed by atoms with van der Waals surface area (Å²) in [5, 5.41) is 10.4. The number of likely N-dealkylation sites (N-methyl/N-ethyl adjacent to an activating group) is 1. The number of amides is 1. The van der Waals surface area contributed by atoms with Crippen LogP contribution in [0.25, 0.3) is 0 Å². The summed E-state index contributed by atoms with van der Waals surface area (Å²) in [7, 11) is -2.45. The molecule has 0 radical (unpaired) electrons. The number of aliphatic hydroxyl groups excluding tert-OH is 1. The molecule has 2 rings (SSSR count). The quantitative estimate of drug-likeness (QED) is 0.618. The molecule has 0 aromatic heterocycles. The smallest absolute Gasteiger partial charge is 0.410 e. The summed E-state index contributed by atoms with van der Waals surface area (Å²) in [5.74, 6) is 0.112. The third-order valence-electron chi connectivity index (χ3n) is 3.71. The summed E-state index contributed by atoms with van der Waals surface area (Å²) < 4.78 is 35.7. The van der Waals surface area contributed by atoms with Crippen molar-refractivity contribution in [3.05, 3.63) is 58.6 Å². The molecule has 9 heteroatoms. The standard InChI is InChI=1S/C20H24BrNO6S/c1-20(2,3)27-19(24)22(4)13-18(23)14-8-10-16(11-9-14)28-29(25,26)17-7-5-6-15(21)12-17/h5-12,18,23H,13H2,1-4H3. The van der Waals surface area contributed by atoms with Gasteiger partial charge in [0.05, 0.1) is 12.6 Å². The zero-order valence-electron chi connectivity index (χ0n) is 16.6. The molecule has 0 fully saturated rings. The molecule has 2 aromatic rings. The maximum absolute atomic E-state index is 12.4. The molecule has 1 atom stereocenters. The molecule has 1 amide bonds. The zero-order valence-corrected chi connectivity index (χ0v) is 19.0. The van der Waals surface area contributed by atoms with Crippen LogP contribution in [0.4, 0.5) is 4.79 Å². The highest BCUT2D eigenvalue weighted by Crippen LogP contribution is 2.24. The van der Waals surface area contributed by atoms with Crippen molar-refractivity contribution in [2.75, 3.05) is 13.6 Å². The second-order valence-corrected chi connectivity index (χ2v) is 9.90. The van der Waals surface area contributed by atoms with Gasteiger partial charge in [-0.05, 0) is 56.7 Å². The van der Waals surface area contributed by atoms with Gasteiger partial charge in [-0.2, -0.15) is 8.42 Å². The van der Waals surface area contributed by atoms with Gasteiger partial charge in [-0.3, -0.25) is 0 Å². The van der Waals surface area contributed by atoms with Crippen LogP contribution in [-0.2, 0) is 14.9 Å². The van der Waals surface area contributed by atoms with Crippen LogP contribution < -0.4 is 4.18 Å². The van der Waals surface area contributed by atoms with Crippen LogP contribution in [-0.4, -0.2) is 43.7 Å². The molecule has 0 aliphatic rings. The summed E-state index contributed by atoms with van der Waals surface area (Å²) in [5.41, 5.74) is -0.123. The van der Waals surface area contributed by atoms with Gasteiger partial charge < -0.3 is 18.9 Å². The van der Waals surface area contributed by atoms with Crippen LogP contribution in [0.15, 0.2) is 57.9 Å². The number of halogens is 1. The summed E-state index contributed by atoms with van der Waals surface area (Å²) in [4.78, 5) is 13.3. The van der Waals surface area contributed by atoms with E-state index in [1.807, 2.05) is 0 Å². The monoisotopic (exact) mass is 485 g/mol. The number of carbonyl (C=O) groups excluding carboxylic acids is 1. The highest BCUT2D eigenvalue weighted by atomic mass is 79.9. The topological polar surface area (TPSA) is 93.1 Å². The van der Waals surface area contributed by atoms with E-state index < -0.39 is 27.9 Å². The van der Waals surface area contributed by atoms with E-state index in [2.05, 4.69) is 15.9 Å². The van der Waals surface area contributed by atoms with Crippen molar-refractivity contribution in [3.63, 3.8) is 0 Å². The Balaban J connectivity index is 2.03. The van der Waals surface area contributed by atoms with E-state index in [9.17, 15) is 18.3 Å². The minimum Gasteiger partial charge on any atom is -0.444 e. The SMILES string of the molecule is CN(CC(O)c1ccc(OS(=O)(=O)c2cccc(Br)c2)cc1)C(=O)OC(C)(C)C. The third kappa shape index (κ3) is 7.02. The van der Waals surface area contributed by atoms with Gasteiger partial charge in [-0.1, -0.05) is 34.1 Å². The van der Waals surface area contributed by atoms with Crippen molar-refractivity contribution in [2.24, 2.45) is 0 Å². The normalized spacial score (nSPS) is 12.9. The van der Waals surface area contributed by atoms with Crippen LogP contribution in [0.2, 0.25) is 0 Å². The number of aliphatic hydroxyl groups is 1. The fraction of sp³-hybridized carbons (Fsp3) is 0.350. The lowest BCUT2D eigenvalue weighted by molar-refractivity contribution is 0.0205. The fourth-order valence-corrected chi connectivity index (χ4v) is 3.85. The van der Waals surface area contributed by atoms with E-state index in [-0.39, 0.29) is 17.2 Å². The first-order chi connectivity index (χ1) is 13.4. The summed E-state index contributed by atoms with van der Waals surface area (Å²) in [6, 6.07) is 12.2. The van der Waals surface area contributed by atoms with Crippen molar-refractivity contribution < 1.29 is 27.2 Å². The Morgan fingerprint density at radius 3 is 2.34 bits per heavy atom. The lowest BCUT2D eigenvalue weighted by Gasteiger charge is -2.26. The first-order valence-corrected chi connectivity index (χ1v) is 11.0. The molecular weight excluding hydrogens is 462 g/mol. The number of benzene rings is 2. The van der Waals surface area contributed by atoms with E-state index in [0.717, 1.165) is 0 Å². The maximum atomic E-state index is 12.4. The van der Waals surface area contributed by atoms with Gasteiger partial charge in [-0.25, -0.2) is 4.79 Å². The highest BCUT2D eigenvalue weighted by Gasteiger charge is 2.22. The molecule has 0 saturated heterocycles. The number of hydrogen-bond acceptors (Lipinski definition) is 6. The van der Waals surface area contributed by atoms with Crippen LogP contribution in [0.1, 0.15) is 32.4 Å². The maximum Gasteiger partial charge on any atom is 0.410 e. The van der Waals surface area contributed by atoms with Gasteiger partial charge in [0.2, 0.25) is 0 Å². The molecule has 0 aliphatic carbocycles. The van der Waals surface area contributed by atoms with Gasteiger partial charge in [0.1, 0.15) is 16.2 Å². The van der Waals surface area contributed by atoms with Crippen LogP contribution in [0.3, 0.4) is 0 Å². The van der Waals surface area contributed by atoms with E-state index in [1.54, 1.807) is 45.0 Å². The molecule has 0 heterocycles. The largest absolute Gasteiger partial charge is 0.444 e. The summed E-state index contributed by atoms with van der Waals surface area (Å²) >= 11 is 3.23. The number of rotatable bonds is 6. The van der Waals surface area contributed by atoms with Gasteiger partial charge in [0, 0.05) is 11.5 Å². The highest BCUT2D eigenvalue weighted by molar-refractivity contribution is 9.10. The fourth-order valence-electron chi connectivity index (χ4n) is 2.32. The summed E-state index contributed by atoms with van der Waals surface area (Å²) in [6.07, 6.45) is -1.51. The first kappa shape index (κ1) is 23.2. The van der Waals surface area contributed by atoms with E-state index >= 15 is 0 Å². The average molecular weight is 486 g/mol. The Bertz CT molecular complexity index is 954. The second kappa shape index (κ2) is 9.15. The Kier molecular flexibility index (Phi) is 7.31. The van der Waals surface area contributed by atoms with Crippen LogP contribution >= 0.6 is 15.9 Å². The van der Waals surface area contributed by atoms with Crippen LogP contribution in [0, 0.1) is 0 Å². The van der Waals surface area contributed by atoms with E-state index in [4.69, 9.17) is 8.92 Å². The van der Waals surface area contributed by atoms with Gasteiger partial charge in [0.15, 0.2) is 0 Å². The van der Waals surface area contributed by atoms with Crippen molar-refractivity contribution in [3.8, 4) is 5.75 Å². The van der Waals surface area contributed by atoms with Gasteiger partial charge in [0.25, 0.3) is 0 Å². The van der Waals surface area contributed by atoms with Crippen molar-refractivity contribution in [2.45, 2.75) is 37.4 Å². The van der Waals surface area contributed by atoms with Crippen LogP contribution in [0.5, 0.6) is 5.75 Å². The molecule has 0 saturated carbocycles. The number of nitrogens with zero attached hydrogens (tertiary/aromatic N) is 1. The molecule has 1 N–H and O–H groups in total. The molecule has 0 aliphatic heterocycles. The summed E-state index contributed by atoms with van der Waals surface area (Å²) in [6.45, 7) is 5.30. The first-order valence-electron chi connectivity index (χ1n) is 8.79. The molecule has 2 aromatic carbocycles. The predicted octanol–water partition coefficient (Wildman–Crippen LogP) is 4.12. The average Bonchev–Trinajstić information content (AvgIpc) is 2.60. The predicted molar refractivity (Wildman–Crippen MR) is 112 cm³/mol. The van der Waals surface area contributed by atoms with Gasteiger partial charge >= 0.3 is 16.2 Å². The molecule has 0 bridgehead atoms. The minimum absolute atomic E-state index is 0.0193. The van der Waals surface area contributed by atoms with E-state index in [1.165, 1.54) is 36.2 Å². The van der Waals surface area contributed by atoms with Crippen molar-refractivity contribution >= 4 is 32.1 Å². The van der Waals surface area contributed by atoms with Crippen molar-refractivity contribution in [1.82, 2.24) is 4.90 Å². The third-order valence-corrected chi connectivity index (χ3v) is 5.44. The number of hydrogen-bond donors (Lipinski definition) is 1. The molecular formula is C20H24BrNO6S. The van der Waals surface area contributed by atoms with Crippen molar-refractivity contribution in [1.29, 1.82) is 0 Å². The number of carbonyl (C=O) groups is 1. The lowest BCUT2D eigenvalue weighted by Crippen LogP contribution is -2.36. The Labute approximate surface area is 179 Å². The second-order valence-electron chi connectivity index (χ2n) is 7.44. The molecule has 29 heavy (non-hydrogen) atoms. The lowest BCUT2D eigenvalue weighted by atomic mass is 10.1. The van der Waals surface area contributed by atoms with Gasteiger partial charge in [-0.15, -0.1) is 0 Å².